The summed E-state index contributed by atoms with van der Waals surface area (Å²) in [4.78, 5) is 0. The fourth-order valence-electron chi connectivity index (χ4n) is 1.48. The molecule has 1 fully saturated rings. The lowest BCUT2D eigenvalue weighted by Gasteiger charge is -2.01. The van der Waals surface area contributed by atoms with Gasteiger partial charge in [0.2, 0.25) is 0 Å². The van der Waals surface area contributed by atoms with Crippen LogP contribution in [0.4, 0.5) is 0 Å². The van der Waals surface area contributed by atoms with Crippen molar-refractivity contribution in [1.82, 2.24) is 0 Å². The van der Waals surface area contributed by atoms with Gasteiger partial charge in [0.1, 0.15) is 0 Å². The Hall–Kier alpha value is -0.300. The number of allylic oxidation sites excluding steroid dienone is 1. The van der Waals surface area contributed by atoms with Crippen LogP contribution >= 0.6 is 0 Å². The van der Waals surface area contributed by atoms with E-state index in [1.165, 1.54) is 25.7 Å². The maximum absolute atomic E-state index is 5.58. The Kier molecular flexibility index (Phi) is 2.94. The molecular weight excluding hydrogens is 122 g/mol. The number of nitrogens with two attached hydrogens (primary N) is 1. The van der Waals surface area contributed by atoms with Crippen molar-refractivity contribution >= 4 is 0 Å². The predicted octanol–water partition coefficient (Wildman–Crippen LogP) is 2.08. The molecule has 1 atom stereocenters. The van der Waals surface area contributed by atoms with Crippen LogP contribution in [0.5, 0.6) is 0 Å². The van der Waals surface area contributed by atoms with E-state index in [-0.39, 0.29) is 6.04 Å². The van der Waals surface area contributed by atoms with Crippen LogP contribution in [0.1, 0.15) is 32.6 Å². The summed E-state index contributed by atoms with van der Waals surface area (Å²) in [5, 5.41) is 0. The van der Waals surface area contributed by atoms with Crippen LogP contribution < -0.4 is 5.73 Å². The van der Waals surface area contributed by atoms with Crippen molar-refractivity contribution in [3.63, 3.8) is 0 Å². The van der Waals surface area contributed by atoms with Crippen LogP contribution in [0, 0.1) is 5.92 Å². The van der Waals surface area contributed by atoms with E-state index in [1.807, 2.05) is 6.92 Å². The first-order valence-electron chi connectivity index (χ1n) is 4.23. The topological polar surface area (TPSA) is 26.0 Å². The highest BCUT2D eigenvalue weighted by atomic mass is 14.6. The van der Waals surface area contributed by atoms with E-state index in [4.69, 9.17) is 5.73 Å². The van der Waals surface area contributed by atoms with Crippen LogP contribution in [-0.2, 0) is 0 Å². The van der Waals surface area contributed by atoms with Crippen molar-refractivity contribution in [2.24, 2.45) is 11.7 Å². The van der Waals surface area contributed by atoms with Gasteiger partial charge in [-0.05, 0) is 25.7 Å². The molecule has 0 saturated heterocycles. The van der Waals surface area contributed by atoms with Crippen molar-refractivity contribution in [3.05, 3.63) is 12.2 Å². The van der Waals surface area contributed by atoms with Gasteiger partial charge in [0, 0.05) is 6.04 Å². The largest absolute Gasteiger partial charge is 0.325 e. The normalized spacial score (nSPS) is 24.2. The summed E-state index contributed by atoms with van der Waals surface area (Å²) in [6.07, 6.45) is 9.99. The molecule has 0 aromatic heterocycles. The second-order valence-corrected chi connectivity index (χ2v) is 3.29. The highest BCUT2D eigenvalue weighted by Gasteiger charge is 2.10. The first-order chi connectivity index (χ1) is 4.79. The zero-order valence-corrected chi connectivity index (χ0v) is 6.72. The molecule has 0 aliphatic heterocycles. The van der Waals surface area contributed by atoms with E-state index in [9.17, 15) is 0 Å². The molecule has 10 heavy (non-hydrogen) atoms. The van der Waals surface area contributed by atoms with Gasteiger partial charge in [-0.1, -0.05) is 25.0 Å². The van der Waals surface area contributed by atoms with E-state index in [2.05, 4.69) is 12.2 Å². The van der Waals surface area contributed by atoms with Crippen LogP contribution in [0.25, 0.3) is 0 Å². The minimum absolute atomic E-state index is 0.237. The molecule has 1 saturated carbocycles. The first kappa shape index (κ1) is 7.80. The second kappa shape index (κ2) is 3.77. The quantitative estimate of drug-likeness (QED) is 0.582. The fourth-order valence-corrected chi connectivity index (χ4v) is 1.48. The maximum Gasteiger partial charge on any atom is 0.0194 e. The summed E-state index contributed by atoms with van der Waals surface area (Å²) in [6, 6.07) is 0.237. The van der Waals surface area contributed by atoms with E-state index in [1.54, 1.807) is 0 Å². The maximum atomic E-state index is 5.58. The third-order valence-corrected chi connectivity index (χ3v) is 2.09. The molecule has 0 aromatic rings. The zero-order chi connectivity index (χ0) is 7.40. The number of rotatable bonds is 2. The lowest BCUT2D eigenvalue weighted by molar-refractivity contribution is 0.680. The lowest BCUT2D eigenvalue weighted by atomic mass is 10.1. The van der Waals surface area contributed by atoms with Crippen LogP contribution in [0.3, 0.4) is 0 Å². The summed E-state index contributed by atoms with van der Waals surface area (Å²) in [6.45, 7) is 2.02. The third-order valence-electron chi connectivity index (χ3n) is 2.09. The molecule has 0 heterocycles. The zero-order valence-electron chi connectivity index (χ0n) is 6.72. The van der Waals surface area contributed by atoms with Crippen molar-refractivity contribution in [2.45, 2.75) is 38.6 Å². The van der Waals surface area contributed by atoms with Crippen LogP contribution in [0.2, 0.25) is 0 Å². The van der Waals surface area contributed by atoms with Crippen molar-refractivity contribution < 1.29 is 0 Å². The standard InChI is InChI=1S/C9H17N/c1-8(10)6-7-9-4-2-3-5-9/h6-9H,2-5,10H2,1H3/b7-6+. The molecule has 0 aromatic carbocycles. The molecular formula is C9H17N. The number of hydrogen-bond acceptors (Lipinski definition) is 1. The SMILES string of the molecule is CC(N)/C=C/C1CCCC1. The summed E-state index contributed by atoms with van der Waals surface area (Å²) >= 11 is 0. The Bertz CT molecular complexity index is 110. The Balaban J connectivity index is 2.23. The van der Waals surface area contributed by atoms with Crippen LogP contribution in [0.15, 0.2) is 12.2 Å². The Labute approximate surface area is 63.3 Å². The van der Waals surface area contributed by atoms with Gasteiger partial charge < -0.3 is 5.73 Å². The van der Waals surface area contributed by atoms with Gasteiger partial charge in [-0.25, -0.2) is 0 Å². The summed E-state index contributed by atoms with van der Waals surface area (Å²) in [5.74, 6) is 0.839. The van der Waals surface area contributed by atoms with E-state index >= 15 is 0 Å². The van der Waals surface area contributed by atoms with Crippen molar-refractivity contribution in [2.75, 3.05) is 0 Å². The minimum Gasteiger partial charge on any atom is -0.325 e. The Morgan fingerprint density at radius 3 is 2.50 bits per heavy atom. The van der Waals surface area contributed by atoms with Crippen molar-refractivity contribution in [1.29, 1.82) is 0 Å². The monoisotopic (exact) mass is 139 g/mol. The molecule has 1 aliphatic rings. The molecule has 1 nitrogen and oxygen atoms in total. The van der Waals surface area contributed by atoms with Gasteiger partial charge in [-0.15, -0.1) is 0 Å². The van der Waals surface area contributed by atoms with Crippen LogP contribution in [-0.4, -0.2) is 6.04 Å². The Morgan fingerprint density at radius 2 is 2.00 bits per heavy atom. The van der Waals surface area contributed by atoms with Gasteiger partial charge in [0.15, 0.2) is 0 Å². The van der Waals surface area contributed by atoms with Crippen molar-refractivity contribution in [3.8, 4) is 0 Å². The molecule has 1 heteroatoms. The summed E-state index contributed by atoms with van der Waals surface area (Å²) in [7, 11) is 0. The third kappa shape index (κ3) is 2.53. The highest BCUT2D eigenvalue weighted by Crippen LogP contribution is 2.25. The predicted molar refractivity (Wildman–Crippen MR) is 44.7 cm³/mol. The molecule has 1 rings (SSSR count). The molecule has 58 valence electrons. The summed E-state index contributed by atoms with van der Waals surface area (Å²) in [5.41, 5.74) is 5.58. The van der Waals surface area contributed by atoms with E-state index in [0.29, 0.717) is 0 Å². The molecule has 0 bridgehead atoms. The molecule has 2 N–H and O–H groups in total. The van der Waals surface area contributed by atoms with E-state index in [0.717, 1.165) is 5.92 Å². The van der Waals surface area contributed by atoms with Gasteiger partial charge in [0.25, 0.3) is 0 Å². The molecule has 1 unspecified atom stereocenters. The number of hydrogen-bond donors (Lipinski definition) is 1. The first-order valence-corrected chi connectivity index (χ1v) is 4.23. The highest BCUT2D eigenvalue weighted by molar-refractivity contribution is 4.94. The van der Waals surface area contributed by atoms with Gasteiger partial charge >= 0.3 is 0 Å². The smallest absolute Gasteiger partial charge is 0.0194 e. The molecule has 0 radical (unpaired) electrons. The average Bonchev–Trinajstić information content (AvgIpc) is 2.34. The Morgan fingerprint density at radius 1 is 1.40 bits per heavy atom. The van der Waals surface area contributed by atoms with Gasteiger partial charge in [-0.2, -0.15) is 0 Å². The van der Waals surface area contributed by atoms with Gasteiger partial charge in [0.05, 0.1) is 0 Å². The molecule has 1 aliphatic carbocycles. The van der Waals surface area contributed by atoms with Gasteiger partial charge in [-0.3, -0.25) is 0 Å². The second-order valence-electron chi connectivity index (χ2n) is 3.29. The summed E-state index contributed by atoms with van der Waals surface area (Å²) < 4.78 is 0. The van der Waals surface area contributed by atoms with E-state index < -0.39 is 0 Å². The minimum atomic E-state index is 0.237. The lowest BCUT2D eigenvalue weighted by Crippen LogP contribution is -2.10. The average molecular weight is 139 g/mol. The molecule has 0 spiro atoms. The fraction of sp³-hybridized carbons (Fsp3) is 0.778. The molecule has 0 amide bonds.